The second kappa shape index (κ2) is 11.9. The molecule has 0 saturated carbocycles. The standard InChI is InChI=1S/C26H38N2O4Si/c1-7-29-33(30-8-2,31-9-3)32-25(21-15-11-10-12-16-21)22-17-13-14-18-23(22)26-27-24(20(4)5)19-28(26)6/h10-18,20,24-25H,7-9,19H2,1-6H3/t24-,25+/m1/s1. The lowest BCUT2D eigenvalue weighted by molar-refractivity contribution is -0.0429. The van der Waals surface area contributed by atoms with Crippen molar-refractivity contribution in [2.75, 3.05) is 33.4 Å². The Bertz CT molecular complexity index is 889. The van der Waals surface area contributed by atoms with E-state index in [4.69, 9.17) is 22.7 Å². The van der Waals surface area contributed by atoms with Gasteiger partial charge in [0.15, 0.2) is 0 Å². The lowest BCUT2D eigenvalue weighted by atomic mass is 9.96. The van der Waals surface area contributed by atoms with Crippen LogP contribution in [0.1, 0.15) is 57.4 Å². The van der Waals surface area contributed by atoms with Gasteiger partial charge in [0.1, 0.15) is 11.9 Å². The second-order valence-electron chi connectivity index (χ2n) is 8.44. The molecule has 0 bridgehead atoms. The average Bonchev–Trinajstić information content (AvgIpc) is 3.20. The third kappa shape index (κ3) is 6.10. The molecule has 1 aliphatic rings. The molecule has 0 N–H and O–H groups in total. The summed E-state index contributed by atoms with van der Waals surface area (Å²) < 4.78 is 24.9. The van der Waals surface area contributed by atoms with Gasteiger partial charge in [0, 0.05) is 39.0 Å². The van der Waals surface area contributed by atoms with Gasteiger partial charge in [-0.1, -0.05) is 68.4 Å². The Morgan fingerprint density at radius 3 is 2.03 bits per heavy atom. The fourth-order valence-electron chi connectivity index (χ4n) is 4.07. The van der Waals surface area contributed by atoms with Gasteiger partial charge in [-0.15, -0.1) is 0 Å². The fraction of sp³-hybridized carbons (Fsp3) is 0.500. The van der Waals surface area contributed by atoms with Crippen molar-refractivity contribution in [3.8, 4) is 0 Å². The number of hydrogen-bond donors (Lipinski definition) is 0. The maximum absolute atomic E-state index is 6.74. The molecule has 0 aliphatic carbocycles. The zero-order valence-corrected chi connectivity index (χ0v) is 21.8. The molecule has 0 spiro atoms. The molecule has 0 fully saturated rings. The maximum Gasteiger partial charge on any atom is 0.680 e. The van der Waals surface area contributed by atoms with Crippen molar-refractivity contribution >= 4 is 14.9 Å². The Kier molecular flexibility index (Phi) is 9.23. The Morgan fingerprint density at radius 2 is 1.48 bits per heavy atom. The minimum Gasteiger partial charge on any atom is -0.357 e. The summed E-state index contributed by atoms with van der Waals surface area (Å²) in [6, 6.07) is 18.8. The first kappa shape index (κ1) is 25.6. The van der Waals surface area contributed by atoms with Crippen LogP contribution in [0.25, 0.3) is 0 Å². The summed E-state index contributed by atoms with van der Waals surface area (Å²) >= 11 is 0. The minimum absolute atomic E-state index is 0.276. The molecule has 3 rings (SSSR count). The van der Waals surface area contributed by atoms with Crippen molar-refractivity contribution in [3.05, 3.63) is 71.3 Å². The summed E-state index contributed by atoms with van der Waals surface area (Å²) in [6.07, 6.45) is -0.423. The number of benzene rings is 2. The first-order chi connectivity index (χ1) is 15.9. The molecule has 0 saturated heterocycles. The van der Waals surface area contributed by atoms with Gasteiger partial charge in [-0.3, -0.25) is 4.99 Å². The molecule has 0 unspecified atom stereocenters. The van der Waals surface area contributed by atoms with Crippen LogP contribution in [0.15, 0.2) is 59.6 Å². The molecule has 1 aliphatic heterocycles. The highest BCUT2D eigenvalue weighted by Crippen LogP contribution is 2.34. The first-order valence-electron chi connectivity index (χ1n) is 12.0. The average molecular weight is 471 g/mol. The van der Waals surface area contributed by atoms with Crippen molar-refractivity contribution in [2.45, 2.75) is 46.8 Å². The van der Waals surface area contributed by atoms with Crippen LogP contribution < -0.4 is 0 Å². The van der Waals surface area contributed by atoms with Crippen molar-refractivity contribution in [2.24, 2.45) is 10.9 Å². The second-order valence-corrected chi connectivity index (χ2v) is 10.5. The summed E-state index contributed by atoms with van der Waals surface area (Å²) in [4.78, 5) is 7.33. The fourth-order valence-corrected chi connectivity index (χ4v) is 6.13. The SMILES string of the molecule is CCO[Si](OCC)(OCC)O[C@@H](c1ccccc1)c1ccccc1C1=N[C@@H](C(C)C)CN1C. The van der Waals surface area contributed by atoms with Crippen LogP contribution in [0.2, 0.25) is 0 Å². The van der Waals surface area contributed by atoms with Crippen LogP contribution in [-0.4, -0.2) is 59.2 Å². The van der Waals surface area contributed by atoms with Crippen LogP contribution in [0, 0.1) is 5.92 Å². The molecule has 2 atom stereocenters. The Hall–Kier alpha value is -2.03. The van der Waals surface area contributed by atoms with E-state index >= 15 is 0 Å². The third-order valence-electron chi connectivity index (χ3n) is 5.69. The summed E-state index contributed by atoms with van der Waals surface area (Å²) in [5.41, 5.74) is 3.10. The van der Waals surface area contributed by atoms with Gasteiger partial charge in [-0.2, -0.15) is 0 Å². The molecular weight excluding hydrogens is 432 g/mol. The summed E-state index contributed by atoms with van der Waals surface area (Å²) in [5.74, 6) is 1.47. The Labute approximate surface area is 200 Å². The Morgan fingerprint density at radius 1 is 0.909 bits per heavy atom. The number of amidine groups is 1. The highest BCUT2D eigenvalue weighted by molar-refractivity contribution is 6.53. The lowest BCUT2D eigenvalue weighted by Crippen LogP contribution is -2.50. The summed E-state index contributed by atoms with van der Waals surface area (Å²) in [5, 5.41) is 0. The topological polar surface area (TPSA) is 52.5 Å². The molecular formula is C26H38N2O4Si. The zero-order chi connectivity index (χ0) is 23.8. The predicted octanol–water partition coefficient (Wildman–Crippen LogP) is 5.05. The van der Waals surface area contributed by atoms with Gasteiger partial charge in [-0.05, 0) is 37.8 Å². The summed E-state index contributed by atoms with van der Waals surface area (Å²) in [7, 11) is -1.28. The summed E-state index contributed by atoms with van der Waals surface area (Å²) in [6.45, 7) is 12.5. The van der Waals surface area contributed by atoms with Gasteiger partial charge >= 0.3 is 9.05 Å². The monoisotopic (exact) mass is 470 g/mol. The normalized spacial score (nSPS) is 17.5. The molecule has 7 heteroatoms. The first-order valence-corrected chi connectivity index (χ1v) is 13.6. The third-order valence-corrected chi connectivity index (χ3v) is 8.14. The van der Waals surface area contributed by atoms with Crippen molar-refractivity contribution < 1.29 is 17.7 Å². The van der Waals surface area contributed by atoms with Crippen LogP contribution in [0.3, 0.4) is 0 Å². The number of likely N-dealkylation sites (N-methyl/N-ethyl adjacent to an activating group) is 1. The molecule has 2 aromatic rings. The molecule has 0 amide bonds. The van der Waals surface area contributed by atoms with Gasteiger partial charge in [0.05, 0.1) is 6.04 Å². The van der Waals surface area contributed by atoms with E-state index in [1.807, 2.05) is 45.0 Å². The van der Waals surface area contributed by atoms with Crippen LogP contribution in [0.5, 0.6) is 0 Å². The highest BCUT2D eigenvalue weighted by atomic mass is 28.4. The predicted molar refractivity (Wildman–Crippen MR) is 134 cm³/mol. The minimum atomic E-state index is -3.39. The van der Waals surface area contributed by atoms with E-state index < -0.39 is 15.2 Å². The lowest BCUT2D eigenvalue weighted by Gasteiger charge is -2.32. The van der Waals surface area contributed by atoms with Crippen LogP contribution >= 0.6 is 0 Å². The molecule has 0 radical (unpaired) electrons. The quantitative estimate of drug-likeness (QED) is 0.406. The maximum atomic E-state index is 6.74. The highest BCUT2D eigenvalue weighted by Gasteiger charge is 2.48. The van der Waals surface area contributed by atoms with Crippen LogP contribution in [0.4, 0.5) is 0 Å². The van der Waals surface area contributed by atoms with E-state index in [-0.39, 0.29) is 6.04 Å². The van der Waals surface area contributed by atoms with E-state index in [1.54, 1.807) is 0 Å². The van der Waals surface area contributed by atoms with Gasteiger partial charge in [-0.25, -0.2) is 0 Å². The number of aliphatic imine (C=N–C) groups is 1. The number of nitrogens with zero attached hydrogens (tertiary/aromatic N) is 2. The number of rotatable bonds is 12. The molecule has 0 aromatic heterocycles. The van der Waals surface area contributed by atoms with E-state index in [2.05, 4.69) is 56.1 Å². The van der Waals surface area contributed by atoms with Crippen molar-refractivity contribution in [1.29, 1.82) is 0 Å². The van der Waals surface area contributed by atoms with E-state index in [0.717, 1.165) is 29.1 Å². The molecule has 180 valence electrons. The Balaban J connectivity index is 2.11. The zero-order valence-electron chi connectivity index (χ0n) is 20.8. The van der Waals surface area contributed by atoms with E-state index in [1.165, 1.54) is 0 Å². The van der Waals surface area contributed by atoms with E-state index in [0.29, 0.717) is 25.7 Å². The van der Waals surface area contributed by atoms with Crippen molar-refractivity contribution in [1.82, 2.24) is 4.90 Å². The van der Waals surface area contributed by atoms with Gasteiger partial charge in [0.2, 0.25) is 0 Å². The molecule has 6 nitrogen and oxygen atoms in total. The van der Waals surface area contributed by atoms with Crippen molar-refractivity contribution in [3.63, 3.8) is 0 Å². The molecule has 1 heterocycles. The smallest absolute Gasteiger partial charge is 0.357 e. The molecule has 33 heavy (non-hydrogen) atoms. The van der Waals surface area contributed by atoms with Gasteiger partial charge in [0.25, 0.3) is 0 Å². The number of hydrogen-bond acceptors (Lipinski definition) is 6. The van der Waals surface area contributed by atoms with Gasteiger partial charge < -0.3 is 22.6 Å². The van der Waals surface area contributed by atoms with E-state index in [9.17, 15) is 0 Å². The van der Waals surface area contributed by atoms with Crippen LogP contribution in [-0.2, 0) is 17.7 Å². The molecule has 2 aromatic carbocycles. The largest absolute Gasteiger partial charge is 0.680 e.